The Bertz CT molecular complexity index is 317. The van der Waals surface area contributed by atoms with Crippen LogP contribution in [-0.2, 0) is 0 Å². The Hall–Kier alpha value is -1.13. The number of ether oxygens (including phenoxy) is 1. The van der Waals surface area contributed by atoms with Crippen LogP contribution in [0, 0.1) is 0 Å². The third kappa shape index (κ3) is 1.71. The van der Waals surface area contributed by atoms with Crippen molar-refractivity contribution in [3.05, 3.63) is 24.0 Å². The van der Waals surface area contributed by atoms with Gasteiger partial charge in [-0.2, -0.15) is 0 Å². The summed E-state index contributed by atoms with van der Waals surface area (Å²) in [4.78, 5) is 3.99. The first kappa shape index (κ1) is 9.43. The van der Waals surface area contributed by atoms with E-state index >= 15 is 0 Å². The van der Waals surface area contributed by atoms with Crippen LogP contribution in [0.4, 0.5) is 0 Å². The first-order chi connectivity index (χ1) is 6.81. The topological polar surface area (TPSA) is 54.4 Å². The molecular weight excluding hydrogens is 180 g/mol. The molecule has 0 radical (unpaired) electrons. The maximum Gasteiger partial charge on any atom is 0.141 e. The van der Waals surface area contributed by atoms with Crippen molar-refractivity contribution in [2.75, 3.05) is 13.7 Å². The summed E-state index contributed by atoms with van der Waals surface area (Å²) in [6.45, 7) is 0.649. The maximum atomic E-state index is 9.41. The number of nitrogens with one attached hydrogen (secondary N) is 1. The van der Waals surface area contributed by atoms with Gasteiger partial charge in [-0.25, -0.2) is 0 Å². The summed E-state index contributed by atoms with van der Waals surface area (Å²) in [6, 6.07) is 2.11. The lowest BCUT2D eigenvalue weighted by atomic mass is 10.1. The maximum absolute atomic E-state index is 9.41. The molecule has 2 rings (SSSR count). The number of β-amino-alcohol motifs (C(OH)–C–C–N with tert-alkyl or cyclic N) is 1. The van der Waals surface area contributed by atoms with E-state index in [4.69, 9.17) is 4.74 Å². The molecule has 1 aliphatic rings. The van der Waals surface area contributed by atoms with Gasteiger partial charge in [0.2, 0.25) is 0 Å². The molecule has 0 bridgehead atoms. The largest absolute Gasteiger partial charge is 0.495 e. The SMILES string of the molecule is COc1cnccc1C1CC(O)CN1. The summed E-state index contributed by atoms with van der Waals surface area (Å²) in [5, 5.41) is 12.6. The fourth-order valence-electron chi connectivity index (χ4n) is 1.80. The Balaban J connectivity index is 2.22. The number of aromatic nitrogens is 1. The van der Waals surface area contributed by atoms with Crippen molar-refractivity contribution in [3.63, 3.8) is 0 Å². The molecule has 1 aromatic heterocycles. The highest BCUT2D eigenvalue weighted by Gasteiger charge is 2.25. The van der Waals surface area contributed by atoms with Crippen molar-refractivity contribution >= 4 is 0 Å². The Labute approximate surface area is 82.9 Å². The van der Waals surface area contributed by atoms with Crippen LogP contribution in [0.15, 0.2) is 18.5 Å². The number of rotatable bonds is 2. The number of hydrogen-bond acceptors (Lipinski definition) is 4. The predicted octanol–water partition coefficient (Wildman–Crippen LogP) is 0.485. The highest BCUT2D eigenvalue weighted by Crippen LogP contribution is 2.29. The lowest BCUT2D eigenvalue weighted by Gasteiger charge is -2.13. The molecule has 2 N–H and O–H groups in total. The van der Waals surface area contributed by atoms with Gasteiger partial charge in [0.05, 0.1) is 19.4 Å². The minimum absolute atomic E-state index is 0.183. The average Bonchev–Trinajstić information content (AvgIpc) is 2.65. The molecule has 4 heteroatoms. The van der Waals surface area contributed by atoms with E-state index in [9.17, 15) is 5.11 Å². The van der Waals surface area contributed by atoms with Crippen LogP contribution < -0.4 is 10.1 Å². The monoisotopic (exact) mass is 194 g/mol. The molecule has 2 heterocycles. The fourth-order valence-corrected chi connectivity index (χ4v) is 1.80. The highest BCUT2D eigenvalue weighted by molar-refractivity contribution is 5.33. The van der Waals surface area contributed by atoms with E-state index < -0.39 is 0 Å². The number of hydrogen-bond donors (Lipinski definition) is 2. The molecule has 0 aliphatic carbocycles. The highest BCUT2D eigenvalue weighted by atomic mass is 16.5. The fraction of sp³-hybridized carbons (Fsp3) is 0.500. The summed E-state index contributed by atoms with van der Waals surface area (Å²) in [5.41, 5.74) is 1.07. The van der Waals surface area contributed by atoms with Crippen LogP contribution in [0.3, 0.4) is 0 Å². The smallest absolute Gasteiger partial charge is 0.141 e. The van der Waals surface area contributed by atoms with Crippen LogP contribution in [0.5, 0.6) is 5.75 Å². The van der Waals surface area contributed by atoms with E-state index in [1.54, 1.807) is 19.5 Å². The van der Waals surface area contributed by atoms with Crippen molar-refractivity contribution in [1.29, 1.82) is 0 Å². The molecule has 2 atom stereocenters. The Morgan fingerprint density at radius 2 is 2.50 bits per heavy atom. The van der Waals surface area contributed by atoms with E-state index in [2.05, 4.69) is 10.3 Å². The molecule has 2 unspecified atom stereocenters. The standard InChI is InChI=1S/C10H14N2O2/c1-14-10-6-11-3-2-8(10)9-4-7(13)5-12-9/h2-3,6-7,9,12-13H,4-5H2,1H3. The second-order valence-corrected chi connectivity index (χ2v) is 3.47. The quantitative estimate of drug-likeness (QED) is 0.719. The van der Waals surface area contributed by atoms with E-state index in [-0.39, 0.29) is 12.1 Å². The summed E-state index contributed by atoms with van der Waals surface area (Å²) in [7, 11) is 1.63. The second kappa shape index (κ2) is 3.94. The molecule has 76 valence electrons. The van der Waals surface area contributed by atoms with Gasteiger partial charge in [-0.3, -0.25) is 4.98 Å². The van der Waals surface area contributed by atoms with Gasteiger partial charge in [0.1, 0.15) is 5.75 Å². The van der Waals surface area contributed by atoms with Crippen molar-refractivity contribution in [1.82, 2.24) is 10.3 Å². The van der Waals surface area contributed by atoms with Gasteiger partial charge in [0, 0.05) is 24.3 Å². The number of aliphatic hydroxyl groups is 1. The van der Waals surface area contributed by atoms with Crippen LogP contribution in [-0.4, -0.2) is 29.8 Å². The lowest BCUT2D eigenvalue weighted by Crippen LogP contribution is -2.15. The van der Waals surface area contributed by atoms with E-state index in [0.717, 1.165) is 17.7 Å². The van der Waals surface area contributed by atoms with Gasteiger partial charge >= 0.3 is 0 Å². The number of methoxy groups -OCH3 is 1. The first-order valence-electron chi connectivity index (χ1n) is 4.70. The number of pyridine rings is 1. The van der Waals surface area contributed by atoms with E-state index in [0.29, 0.717) is 6.54 Å². The van der Waals surface area contributed by atoms with Gasteiger partial charge in [-0.1, -0.05) is 0 Å². The molecule has 0 aromatic carbocycles. The van der Waals surface area contributed by atoms with Gasteiger partial charge in [0.15, 0.2) is 0 Å². The van der Waals surface area contributed by atoms with Crippen LogP contribution in [0.1, 0.15) is 18.0 Å². The first-order valence-corrected chi connectivity index (χ1v) is 4.70. The van der Waals surface area contributed by atoms with Gasteiger partial charge in [-0.05, 0) is 12.5 Å². The third-order valence-electron chi connectivity index (χ3n) is 2.52. The van der Waals surface area contributed by atoms with Crippen LogP contribution in [0.2, 0.25) is 0 Å². The second-order valence-electron chi connectivity index (χ2n) is 3.47. The van der Waals surface area contributed by atoms with Crippen LogP contribution >= 0.6 is 0 Å². The zero-order chi connectivity index (χ0) is 9.97. The molecule has 0 spiro atoms. The molecule has 0 saturated carbocycles. The van der Waals surface area contributed by atoms with E-state index in [1.807, 2.05) is 6.07 Å². The van der Waals surface area contributed by atoms with Crippen molar-refractivity contribution in [2.45, 2.75) is 18.6 Å². The molecule has 4 nitrogen and oxygen atoms in total. The van der Waals surface area contributed by atoms with E-state index in [1.165, 1.54) is 0 Å². The summed E-state index contributed by atoms with van der Waals surface area (Å²) in [6.07, 6.45) is 3.92. The zero-order valence-electron chi connectivity index (χ0n) is 8.10. The minimum atomic E-state index is -0.252. The van der Waals surface area contributed by atoms with Gasteiger partial charge < -0.3 is 15.2 Å². The zero-order valence-corrected chi connectivity index (χ0v) is 8.10. The average molecular weight is 194 g/mol. The summed E-state index contributed by atoms with van der Waals surface area (Å²) in [5.74, 6) is 0.777. The molecule has 1 aromatic rings. The summed E-state index contributed by atoms with van der Waals surface area (Å²) < 4.78 is 5.21. The van der Waals surface area contributed by atoms with Crippen molar-refractivity contribution < 1.29 is 9.84 Å². The number of aliphatic hydroxyl groups excluding tert-OH is 1. The Morgan fingerprint density at radius 3 is 3.14 bits per heavy atom. The normalized spacial score (nSPS) is 26.4. The number of nitrogens with zero attached hydrogens (tertiary/aromatic N) is 1. The molecule has 1 aliphatic heterocycles. The lowest BCUT2D eigenvalue weighted by molar-refractivity contribution is 0.193. The molecule has 1 saturated heterocycles. The molecular formula is C10H14N2O2. The van der Waals surface area contributed by atoms with Crippen molar-refractivity contribution in [3.8, 4) is 5.75 Å². The summed E-state index contributed by atoms with van der Waals surface area (Å²) >= 11 is 0. The van der Waals surface area contributed by atoms with Crippen LogP contribution in [0.25, 0.3) is 0 Å². The molecule has 14 heavy (non-hydrogen) atoms. The van der Waals surface area contributed by atoms with Gasteiger partial charge in [0.25, 0.3) is 0 Å². The third-order valence-corrected chi connectivity index (χ3v) is 2.52. The predicted molar refractivity (Wildman–Crippen MR) is 52.2 cm³/mol. The van der Waals surface area contributed by atoms with Gasteiger partial charge in [-0.15, -0.1) is 0 Å². The Morgan fingerprint density at radius 1 is 1.64 bits per heavy atom. The minimum Gasteiger partial charge on any atom is -0.495 e. The van der Waals surface area contributed by atoms with Crippen molar-refractivity contribution in [2.24, 2.45) is 0 Å². The molecule has 0 amide bonds. The molecule has 1 fully saturated rings. The Kier molecular flexibility index (Phi) is 2.65.